The Bertz CT molecular complexity index is 205. The summed E-state index contributed by atoms with van der Waals surface area (Å²) in [5, 5.41) is -0.546. The zero-order valence-electron chi connectivity index (χ0n) is 4.67. The van der Waals surface area contributed by atoms with Crippen molar-refractivity contribution in [1.82, 2.24) is 0 Å². The largest absolute Gasteiger partial charge is 0.194 e. The van der Waals surface area contributed by atoms with Crippen LogP contribution < -0.4 is 0 Å². The highest BCUT2D eigenvalue weighted by atomic mass is 32.1. The Balaban J connectivity index is 2.98. The molecule has 0 aliphatic heterocycles. The zero-order valence-corrected chi connectivity index (χ0v) is 5.49. The van der Waals surface area contributed by atoms with E-state index in [1.54, 1.807) is 24.3 Å². The summed E-state index contributed by atoms with van der Waals surface area (Å²) in [5.74, 6) is 0. The number of benzene rings is 1. The van der Waals surface area contributed by atoms with E-state index >= 15 is 0 Å². The fraction of sp³-hybridized carbons (Fsp3) is 0. The third-order valence-corrected chi connectivity index (χ3v) is 1.24. The van der Waals surface area contributed by atoms with Crippen LogP contribution in [0.2, 0.25) is 0 Å². The second-order valence-electron chi connectivity index (χ2n) is 1.64. The first-order chi connectivity index (χ1) is 4.30. The van der Waals surface area contributed by atoms with E-state index < -0.39 is 5.12 Å². The molecule has 0 amide bonds. The molecule has 2 heteroatoms. The first-order valence-electron chi connectivity index (χ1n) is 2.55. The normalized spacial score (nSPS) is 9.00. The van der Waals surface area contributed by atoms with Crippen LogP contribution in [-0.2, 0) is 0 Å². The van der Waals surface area contributed by atoms with E-state index in [1.165, 1.54) is 0 Å². The van der Waals surface area contributed by atoms with Gasteiger partial charge in [0.05, 0.1) is 0 Å². The second-order valence-corrected chi connectivity index (χ2v) is 2.00. The van der Waals surface area contributed by atoms with Crippen LogP contribution in [0.25, 0.3) is 0 Å². The molecular formula is C7H5FS. The fourth-order valence-corrected chi connectivity index (χ4v) is 0.705. The van der Waals surface area contributed by atoms with E-state index in [2.05, 4.69) is 12.2 Å². The first-order valence-corrected chi connectivity index (χ1v) is 2.96. The predicted molar refractivity (Wildman–Crippen MR) is 39.3 cm³/mol. The summed E-state index contributed by atoms with van der Waals surface area (Å²) in [6.07, 6.45) is 0. The molecule has 0 N–H and O–H groups in total. The summed E-state index contributed by atoms with van der Waals surface area (Å²) in [6, 6.07) is 8.61. The summed E-state index contributed by atoms with van der Waals surface area (Å²) in [4.78, 5) is 0. The minimum atomic E-state index is -0.546. The molecule has 0 aliphatic rings. The van der Waals surface area contributed by atoms with Crippen LogP contribution >= 0.6 is 12.2 Å². The molecule has 0 aliphatic carbocycles. The summed E-state index contributed by atoms with van der Waals surface area (Å²) in [7, 11) is 0. The number of hydrogen-bond donors (Lipinski definition) is 0. The van der Waals surface area contributed by atoms with Gasteiger partial charge in [-0.05, 0) is 12.2 Å². The van der Waals surface area contributed by atoms with E-state index in [-0.39, 0.29) is 0 Å². The molecule has 0 aromatic heterocycles. The van der Waals surface area contributed by atoms with E-state index in [9.17, 15) is 4.39 Å². The minimum Gasteiger partial charge on any atom is -0.194 e. The van der Waals surface area contributed by atoms with E-state index in [4.69, 9.17) is 0 Å². The molecule has 0 fully saturated rings. The SMILES string of the molecule is FC(=S)c1ccccc1. The second kappa shape index (κ2) is 2.69. The van der Waals surface area contributed by atoms with E-state index in [0.29, 0.717) is 5.56 Å². The molecular weight excluding hydrogens is 135 g/mol. The van der Waals surface area contributed by atoms with Gasteiger partial charge in [-0.15, -0.1) is 0 Å². The van der Waals surface area contributed by atoms with Crippen LogP contribution in [0.3, 0.4) is 0 Å². The maximum Gasteiger partial charge on any atom is 0.193 e. The Labute approximate surface area is 58.3 Å². The molecule has 46 valence electrons. The van der Waals surface area contributed by atoms with Crippen molar-refractivity contribution >= 4 is 17.3 Å². The highest BCUT2D eigenvalue weighted by molar-refractivity contribution is 7.80. The third kappa shape index (κ3) is 1.57. The van der Waals surface area contributed by atoms with Crippen molar-refractivity contribution in [2.24, 2.45) is 0 Å². The van der Waals surface area contributed by atoms with Gasteiger partial charge < -0.3 is 0 Å². The number of thiocarbonyl (C=S) groups is 1. The van der Waals surface area contributed by atoms with Gasteiger partial charge in [-0.2, -0.15) is 4.39 Å². The Kier molecular flexibility index (Phi) is 1.90. The number of hydrogen-bond acceptors (Lipinski definition) is 1. The Morgan fingerprint density at radius 3 is 2.11 bits per heavy atom. The van der Waals surface area contributed by atoms with Crippen molar-refractivity contribution in [2.75, 3.05) is 0 Å². The summed E-state index contributed by atoms with van der Waals surface area (Å²) in [6.45, 7) is 0. The monoisotopic (exact) mass is 140 g/mol. The van der Waals surface area contributed by atoms with Gasteiger partial charge in [0.2, 0.25) is 0 Å². The van der Waals surface area contributed by atoms with Crippen LogP contribution in [-0.4, -0.2) is 5.12 Å². The topological polar surface area (TPSA) is 0 Å². The number of rotatable bonds is 1. The van der Waals surface area contributed by atoms with Crippen molar-refractivity contribution in [2.45, 2.75) is 0 Å². The van der Waals surface area contributed by atoms with Crippen LogP contribution in [0.15, 0.2) is 30.3 Å². The van der Waals surface area contributed by atoms with Crippen LogP contribution in [0.1, 0.15) is 5.56 Å². The lowest BCUT2D eigenvalue weighted by atomic mass is 10.2. The summed E-state index contributed by atoms with van der Waals surface area (Å²) < 4.78 is 12.2. The van der Waals surface area contributed by atoms with Gasteiger partial charge in [0, 0.05) is 5.56 Å². The molecule has 1 aromatic rings. The van der Waals surface area contributed by atoms with Crippen molar-refractivity contribution in [3.63, 3.8) is 0 Å². The standard InChI is InChI=1S/C7H5FS/c8-7(9)6-4-2-1-3-5-6/h1-5H. The molecule has 0 nitrogen and oxygen atoms in total. The maximum absolute atomic E-state index is 12.2. The molecule has 0 saturated carbocycles. The van der Waals surface area contributed by atoms with Crippen LogP contribution in [0, 0.1) is 0 Å². The summed E-state index contributed by atoms with van der Waals surface area (Å²) in [5.41, 5.74) is 0.479. The van der Waals surface area contributed by atoms with Gasteiger partial charge in [-0.1, -0.05) is 30.3 Å². The fourth-order valence-electron chi connectivity index (χ4n) is 0.569. The zero-order chi connectivity index (χ0) is 6.69. The van der Waals surface area contributed by atoms with Gasteiger partial charge >= 0.3 is 0 Å². The smallest absolute Gasteiger partial charge is 0.193 e. The highest BCUT2D eigenvalue weighted by Gasteiger charge is 1.93. The molecule has 0 unspecified atom stereocenters. The quantitative estimate of drug-likeness (QED) is 0.426. The molecule has 9 heavy (non-hydrogen) atoms. The third-order valence-electron chi connectivity index (χ3n) is 1.00. The van der Waals surface area contributed by atoms with Gasteiger partial charge in [-0.3, -0.25) is 0 Å². The van der Waals surface area contributed by atoms with Crippen molar-refractivity contribution in [3.8, 4) is 0 Å². The minimum absolute atomic E-state index is 0.479. The van der Waals surface area contributed by atoms with Gasteiger partial charge in [0.25, 0.3) is 0 Å². The number of halogens is 1. The first kappa shape index (κ1) is 6.36. The highest BCUT2D eigenvalue weighted by Crippen LogP contribution is 2.00. The summed E-state index contributed by atoms with van der Waals surface area (Å²) >= 11 is 4.30. The lowest BCUT2D eigenvalue weighted by molar-refractivity contribution is 0.832. The molecule has 0 bridgehead atoms. The van der Waals surface area contributed by atoms with Gasteiger partial charge in [0.15, 0.2) is 5.12 Å². The Morgan fingerprint density at radius 1 is 1.22 bits per heavy atom. The Morgan fingerprint density at radius 2 is 1.78 bits per heavy atom. The maximum atomic E-state index is 12.2. The lowest BCUT2D eigenvalue weighted by Crippen LogP contribution is -1.84. The van der Waals surface area contributed by atoms with Gasteiger partial charge in [-0.25, -0.2) is 0 Å². The molecule has 0 radical (unpaired) electrons. The molecule has 0 saturated heterocycles. The van der Waals surface area contributed by atoms with Crippen molar-refractivity contribution in [3.05, 3.63) is 35.9 Å². The Hall–Kier alpha value is -0.760. The van der Waals surface area contributed by atoms with Crippen molar-refractivity contribution < 1.29 is 4.39 Å². The molecule has 0 spiro atoms. The predicted octanol–water partition coefficient (Wildman–Crippen LogP) is 2.33. The average molecular weight is 140 g/mol. The lowest BCUT2D eigenvalue weighted by Gasteiger charge is -1.89. The molecule has 0 atom stereocenters. The van der Waals surface area contributed by atoms with E-state index in [1.807, 2.05) is 6.07 Å². The van der Waals surface area contributed by atoms with Gasteiger partial charge in [0.1, 0.15) is 0 Å². The van der Waals surface area contributed by atoms with Crippen LogP contribution in [0.5, 0.6) is 0 Å². The molecule has 1 aromatic carbocycles. The van der Waals surface area contributed by atoms with Crippen LogP contribution in [0.4, 0.5) is 4.39 Å². The van der Waals surface area contributed by atoms with Crippen molar-refractivity contribution in [1.29, 1.82) is 0 Å². The average Bonchev–Trinajstić information content (AvgIpc) is 1.90. The molecule has 1 rings (SSSR count). The molecule has 0 heterocycles. The van der Waals surface area contributed by atoms with E-state index in [0.717, 1.165) is 0 Å².